The second-order valence-electron chi connectivity index (χ2n) is 7.17. The van der Waals surface area contributed by atoms with E-state index >= 15 is 0 Å². The molecular weight excluding hydrogens is 324 g/mol. The number of hydrogen-bond acceptors (Lipinski definition) is 4. The number of amides is 2. The van der Waals surface area contributed by atoms with Gasteiger partial charge in [-0.15, -0.1) is 0 Å². The fourth-order valence-corrected chi connectivity index (χ4v) is 3.84. The Hall–Kier alpha value is -2.57. The minimum absolute atomic E-state index is 0.0607. The van der Waals surface area contributed by atoms with E-state index in [1.54, 1.807) is 12.1 Å². The smallest absolute Gasteiger partial charge is 0.309 e. The molecule has 7 heteroatoms. The van der Waals surface area contributed by atoms with E-state index in [1.165, 1.54) is 17.0 Å². The number of hydrogen-bond donors (Lipinski definition) is 3. The summed E-state index contributed by atoms with van der Waals surface area (Å²) in [6, 6.07) is 4.03. The summed E-state index contributed by atoms with van der Waals surface area (Å²) < 4.78 is 0. The molecule has 2 heterocycles. The predicted octanol–water partition coefficient (Wildman–Crippen LogP) is 1.28. The molecule has 25 heavy (non-hydrogen) atoms. The summed E-state index contributed by atoms with van der Waals surface area (Å²) in [5, 5.41) is 21.8. The third-order valence-electron chi connectivity index (χ3n) is 4.92. The molecular formula is C18H22N2O5. The summed E-state index contributed by atoms with van der Waals surface area (Å²) in [7, 11) is 0. The molecule has 2 aliphatic heterocycles. The summed E-state index contributed by atoms with van der Waals surface area (Å²) in [6.45, 7) is 3.93. The largest absolute Gasteiger partial charge is 0.508 e. The highest BCUT2D eigenvalue weighted by Crippen LogP contribution is 2.43. The predicted molar refractivity (Wildman–Crippen MR) is 88.6 cm³/mol. The van der Waals surface area contributed by atoms with Crippen molar-refractivity contribution in [2.24, 2.45) is 11.8 Å². The molecule has 7 nitrogen and oxygen atoms in total. The van der Waals surface area contributed by atoms with E-state index < -0.39 is 30.0 Å². The number of carboxylic acid groups (broad SMARTS) is 1. The maximum Gasteiger partial charge on any atom is 0.309 e. The van der Waals surface area contributed by atoms with Crippen LogP contribution in [-0.2, 0) is 14.4 Å². The fraction of sp³-hybridized carbons (Fsp3) is 0.500. The molecule has 0 saturated carbocycles. The van der Waals surface area contributed by atoms with Crippen LogP contribution < -0.4 is 5.32 Å². The Morgan fingerprint density at radius 3 is 2.48 bits per heavy atom. The van der Waals surface area contributed by atoms with E-state index in [0.717, 1.165) is 0 Å². The lowest BCUT2D eigenvalue weighted by molar-refractivity contribution is -0.150. The minimum atomic E-state index is -1.03. The number of nitrogens with zero attached hydrogens (tertiary/aromatic N) is 1. The van der Waals surface area contributed by atoms with Gasteiger partial charge < -0.3 is 20.4 Å². The number of phenols is 1. The maximum atomic E-state index is 13.0. The Labute approximate surface area is 145 Å². The van der Waals surface area contributed by atoms with E-state index in [-0.39, 0.29) is 29.9 Å². The number of carboxylic acids is 1. The molecule has 1 aromatic rings. The van der Waals surface area contributed by atoms with Gasteiger partial charge in [-0.1, -0.05) is 26.0 Å². The molecule has 0 unspecified atom stereocenters. The number of aromatic hydroxyl groups is 1. The first-order valence-corrected chi connectivity index (χ1v) is 8.44. The van der Waals surface area contributed by atoms with E-state index in [9.17, 15) is 24.6 Å². The average molecular weight is 346 g/mol. The molecule has 3 rings (SSSR count). The van der Waals surface area contributed by atoms with Crippen LogP contribution in [0.3, 0.4) is 0 Å². The lowest BCUT2D eigenvalue weighted by Gasteiger charge is -2.38. The van der Waals surface area contributed by atoms with Gasteiger partial charge in [-0.3, -0.25) is 14.4 Å². The average Bonchev–Trinajstić information content (AvgIpc) is 2.94. The molecule has 0 spiro atoms. The van der Waals surface area contributed by atoms with Crippen LogP contribution in [0, 0.1) is 11.8 Å². The summed E-state index contributed by atoms with van der Waals surface area (Å²) in [6.07, 6.45) is 0.598. The van der Waals surface area contributed by atoms with E-state index in [2.05, 4.69) is 5.32 Å². The number of benzene rings is 1. The highest BCUT2D eigenvalue weighted by Gasteiger charge is 2.54. The van der Waals surface area contributed by atoms with Crippen molar-refractivity contribution in [1.82, 2.24) is 10.2 Å². The molecule has 0 radical (unpaired) electrons. The first-order valence-electron chi connectivity index (χ1n) is 8.44. The normalized spacial score (nSPS) is 28.8. The minimum Gasteiger partial charge on any atom is -0.508 e. The quantitative estimate of drug-likeness (QED) is 0.761. The summed E-state index contributed by atoms with van der Waals surface area (Å²) in [5.41, 5.74) is 0.610. The van der Waals surface area contributed by atoms with Gasteiger partial charge in [0.2, 0.25) is 11.8 Å². The van der Waals surface area contributed by atoms with Gasteiger partial charge in [-0.25, -0.2) is 0 Å². The van der Waals surface area contributed by atoms with Gasteiger partial charge in [-0.05, 0) is 36.5 Å². The first-order chi connectivity index (χ1) is 11.8. The monoisotopic (exact) mass is 346 g/mol. The Morgan fingerprint density at radius 1 is 1.28 bits per heavy atom. The lowest BCUT2D eigenvalue weighted by atomic mass is 9.93. The zero-order chi connectivity index (χ0) is 18.3. The molecule has 3 N–H and O–H groups in total. The Morgan fingerprint density at radius 2 is 1.92 bits per heavy atom. The van der Waals surface area contributed by atoms with Crippen molar-refractivity contribution in [3.8, 4) is 5.75 Å². The van der Waals surface area contributed by atoms with Crippen LogP contribution in [0.4, 0.5) is 0 Å². The molecule has 2 aliphatic rings. The Bertz CT molecular complexity index is 700. The number of nitrogens with one attached hydrogen (secondary N) is 1. The van der Waals surface area contributed by atoms with Crippen molar-refractivity contribution >= 4 is 17.8 Å². The molecule has 0 aliphatic carbocycles. The molecule has 0 bridgehead atoms. The molecule has 2 saturated heterocycles. The van der Waals surface area contributed by atoms with Gasteiger partial charge >= 0.3 is 5.97 Å². The highest BCUT2D eigenvalue weighted by molar-refractivity contribution is 5.98. The van der Waals surface area contributed by atoms with Gasteiger partial charge in [0.25, 0.3) is 0 Å². The van der Waals surface area contributed by atoms with Crippen LogP contribution in [0.15, 0.2) is 24.3 Å². The Kier molecular flexibility index (Phi) is 4.41. The second kappa shape index (κ2) is 6.38. The molecule has 4 atom stereocenters. The van der Waals surface area contributed by atoms with Crippen LogP contribution in [-0.4, -0.2) is 45.0 Å². The van der Waals surface area contributed by atoms with Crippen molar-refractivity contribution in [2.45, 2.75) is 44.8 Å². The van der Waals surface area contributed by atoms with Crippen molar-refractivity contribution in [3.05, 3.63) is 29.8 Å². The van der Waals surface area contributed by atoms with Gasteiger partial charge in [0.05, 0.1) is 12.0 Å². The molecule has 2 amide bonds. The maximum absolute atomic E-state index is 13.0. The molecule has 2 fully saturated rings. The van der Waals surface area contributed by atoms with Crippen molar-refractivity contribution in [2.75, 3.05) is 0 Å². The molecule has 0 aromatic heterocycles. The Balaban J connectivity index is 2.00. The summed E-state index contributed by atoms with van der Waals surface area (Å²) in [5.74, 6) is -2.14. The number of fused-ring (bicyclic) bond motifs is 1. The fourth-order valence-electron chi connectivity index (χ4n) is 3.84. The topological polar surface area (TPSA) is 107 Å². The summed E-state index contributed by atoms with van der Waals surface area (Å²) >= 11 is 0. The van der Waals surface area contributed by atoms with Gasteiger partial charge in [0.15, 0.2) is 0 Å². The SMILES string of the molecule is CC(C)C[C@@H]1NC(=O)[C@H]2C[C@@H](C(=O)O)[C@@H](c3ccc(O)cc3)N2C1=O. The molecule has 1 aromatic carbocycles. The van der Waals surface area contributed by atoms with Crippen LogP contribution in [0.2, 0.25) is 0 Å². The van der Waals surface area contributed by atoms with E-state index in [1.807, 2.05) is 13.8 Å². The molecule has 134 valence electrons. The van der Waals surface area contributed by atoms with Crippen molar-refractivity contribution in [3.63, 3.8) is 0 Å². The number of phenolic OH excluding ortho intramolecular Hbond substituents is 1. The van der Waals surface area contributed by atoms with Crippen LogP contribution in [0.25, 0.3) is 0 Å². The highest BCUT2D eigenvalue weighted by atomic mass is 16.4. The number of rotatable bonds is 4. The summed E-state index contributed by atoms with van der Waals surface area (Å²) in [4.78, 5) is 38.6. The van der Waals surface area contributed by atoms with Crippen molar-refractivity contribution in [1.29, 1.82) is 0 Å². The van der Waals surface area contributed by atoms with Gasteiger partial charge in [0, 0.05) is 0 Å². The van der Waals surface area contributed by atoms with Gasteiger partial charge in [-0.2, -0.15) is 0 Å². The zero-order valence-electron chi connectivity index (χ0n) is 14.2. The first kappa shape index (κ1) is 17.3. The van der Waals surface area contributed by atoms with Crippen LogP contribution in [0.5, 0.6) is 5.75 Å². The zero-order valence-corrected chi connectivity index (χ0v) is 14.2. The standard InChI is InChI=1S/C18H22N2O5/c1-9(2)7-13-17(23)20-14(16(22)19-13)8-12(18(24)25)15(20)10-3-5-11(21)6-4-10/h3-6,9,12-15,21H,7-8H2,1-2H3,(H,19,22)(H,24,25)/t12-,13+,14-,15-/m1/s1. The number of carbonyl (C=O) groups is 3. The number of aliphatic carboxylic acids is 1. The van der Waals surface area contributed by atoms with Crippen LogP contribution >= 0.6 is 0 Å². The third-order valence-corrected chi connectivity index (χ3v) is 4.92. The lowest BCUT2D eigenvalue weighted by Crippen LogP contribution is -2.61. The van der Waals surface area contributed by atoms with Gasteiger partial charge in [0.1, 0.15) is 17.8 Å². The second-order valence-corrected chi connectivity index (χ2v) is 7.17. The van der Waals surface area contributed by atoms with Crippen LogP contribution in [0.1, 0.15) is 38.3 Å². The number of carbonyl (C=O) groups excluding carboxylic acids is 2. The van der Waals surface area contributed by atoms with E-state index in [4.69, 9.17) is 0 Å². The number of piperazine rings is 1. The van der Waals surface area contributed by atoms with E-state index in [0.29, 0.717) is 12.0 Å². The van der Waals surface area contributed by atoms with Crippen molar-refractivity contribution < 1.29 is 24.6 Å². The third kappa shape index (κ3) is 3.06.